The van der Waals surface area contributed by atoms with Gasteiger partial charge in [0.15, 0.2) is 13.6 Å². The zero-order valence-electron chi connectivity index (χ0n) is 32.3. The van der Waals surface area contributed by atoms with Gasteiger partial charge in [0.2, 0.25) is 0 Å². The van der Waals surface area contributed by atoms with Crippen molar-refractivity contribution in [2.45, 2.75) is 46.1 Å². The van der Waals surface area contributed by atoms with Crippen LogP contribution >= 0.6 is 0 Å². The first kappa shape index (κ1) is 41.4. The van der Waals surface area contributed by atoms with Crippen molar-refractivity contribution in [3.8, 4) is 11.5 Å². The first-order chi connectivity index (χ1) is 27.5. The van der Waals surface area contributed by atoms with Crippen LogP contribution in [-0.2, 0) is 20.8 Å². The summed E-state index contributed by atoms with van der Waals surface area (Å²) in [6.07, 6.45) is 12.5. The van der Waals surface area contributed by atoms with E-state index >= 15 is 0 Å². The third-order valence-electron chi connectivity index (χ3n) is 8.50. The van der Waals surface area contributed by atoms with Crippen molar-refractivity contribution in [3.05, 3.63) is 143 Å². The number of aliphatic hydroxyl groups is 1. The zero-order valence-corrected chi connectivity index (χ0v) is 32.3. The number of hydrogen-bond acceptors (Lipinski definition) is 10. The van der Waals surface area contributed by atoms with Gasteiger partial charge in [-0.25, -0.2) is 0 Å². The highest BCUT2D eigenvalue weighted by atomic mass is 16.8. The second kappa shape index (κ2) is 23.2. The largest absolute Gasteiger partial charge is 0.494 e. The molecule has 0 unspecified atom stereocenters. The van der Waals surface area contributed by atoms with E-state index in [1.165, 1.54) is 24.8 Å². The Morgan fingerprint density at radius 2 is 1.09 bits per heavy atom. The van der Waals surface area contributed by atoms with Gasteiger partial charge in [-0.1, -0.05) is 92.5 Å². The predicted octanol–water partition coefficient (Wildman–Crippen LogP) is 12.5. The smallest absolute Gasteiger partial charge is 0.191 e. The van der Waals surface area contributed by atoms with Crippen molar-refractivity contribution < 1.29 is 28.8 Å². The van der Waals surface area contributed by atoms with Crippen LogP contribution in [0.1, 0.15) is 66.0 Å². The quantitative estimate of drug-likeness (QED) is 0.0325. The van der Waals surface area contributed by atoms with E-state index < -0.39 is 0 Å². The van der Waals surface area contributed by atoms with E-state index in [-0.39, 0.29) is 27.0 Å². The lowest BCUT2D eigenvalue weighted by molar-refractivity contribution is -0.145. The van der Waals surface area contributed by atoms with Crippen LogP contribution in [0.15, 0.2) is 130 Å². The van der Waals surface area contributed by atoms with Crippen LogP contribution in [0.5, 0.6) is 11.5 Å². The molecular formula is C46H50N4O6. The van der Waals surface area contributed by atoms with E-state index in [4.69, 9.17) is 23.7 Å². The Balaban J connectivity index is 1.25. The van der Waals surface area contributed by atoms with Gasteiger partial charge in [0.1, 0.15) is 18.3 Å². The van der Waals surface area contributed by atoms with Crippen molar-refractivity contribution in [1.82, 2.24) is 0 Å². The minimum absolute atomic E-state index is 0.0175. The summed E-state index contributed by atoms with van der Waals surface area (Å²) in [7, 11) is 1.54. The molecule has 0 spiro atoms. The highest BCUT2D eigenvalue weighted by Crippen LogP contribution is 2.29. The summed E-state index contributed by atoms with van der Waals surface area (Å²) in [5.74, 6) is 1.42. The van der Waals surface area contributed by atoms with Crippen molar-refractivity contribution in [1.29, 1.82) is 0 Å². The lowest BCUT2D eigenvalue weighted by Crippen LogP contribution is -2.09. The Hall–Kier alpha value is -5.78. The zero-order chi connectivity index (χ0) is 39.2. The molecule has 10 heteroatoms. The predicted molar refractivity (Wildman–Crippen MR) is 223 cm³/mol. The molecule has 0 aliphatic carbocycles. The standard InChI is InChI=1S/C46H50N4O6/c1-4-5-6-7-28-55-45-26-24-44(25-27-45)50-49-43-22-14-37(15-23-43)11-17-39-29-40(31-51)38(30-46(39)56-34-54-33-53-32-52-3)16-10-36-12-20-42(21-13-36)48-47-41-18-8-35(2)9-19-41/h8-27,29-30,51H,4-7,28,31-34H2,1-3H3/b16-10+,17-11+,48-47?,50-49?. The number of aryl methyl sites for hydroxylation is 1. The Bertz CT molecular complexity index is 2030. The average molecular weight is 755 g/mol. The van der Waals surface area contributed by atoms with Crippen LogP contribution in [0.2, 0.25) is 0 Å². The molecule has 0 aliphatic heterocycles. The van der Waals surface area contributed by atoms with Crippen molar-refractivity contribution in [3.63, 3.8) is 0 Å². The summed E-state index contributed by atoms with van der Waals surface area (Å²) >= 11 is 0. The third-order valence-corrected chi connectivity index (χ3v) is 8.50. The lowest BCUT2D eigenvalue weighted by atomic mass is 10.0. The number of benzene rings is 5. The van der Waals surface area contributed by atoms with E-state index in [0.717, 1.165) is 69.3 Å². The first-order valence-electron chi connectivity index (χ1n) is 18.8. The van der Waals surface area contributed by atoms with E-state index in [2.05, 4.69) is 27.4 Å². The molecule has 5 rings (SSSR count). The number of aliphatic hydroxyl groups excluding tert-OH is 1. The van der Waals surface area contributed by atoms with Crippen LogP contribution < -0.4 is 9.47 Å². The molecule has 0 aliphatic rings. The molecule has 56 heavy (non-hydrogen) atoms. The highest BCUT2D eigenvalue weighted by Gasteiger charge is 2.09. The van der Waals surface area contributed by atoms with Gasteiger partial charge in [0.05, 0.1) is 36.0 Å². The molecule has 1 N–H and O–H groups in total. The van der Waals surface area contributed by atoms with E-state index in [1.807, 2.05) is 140 Å². The normalized spacial score (nSPS) is 11.8. The average Bonchev–Trinajstić information content (AvgIpc) is 3.23. The number of azo groups is 2. The fraction of sp³-hybridized carbons (Fsp3) is 0.261. The first-order valence-corrected chi connectivity index (χ1v) is 18.8. The van der Waals surface area contributed by atoms with E-state index in [1.54, 1.807) is 7.11 Å². The minimum atomic E-state index is -0.158. The van der Waals surface area contributed by atoms with Gasteiger partial charge in [-0.2, -0.15) is 20.5 Å². The lowest BCUT2D eigenvalue weighted by Gasteiger charge is -2.14. The van der Waals surface area contributed by atoms with Crippen LogP contribution in [0.4, 0.5) is 22.7 Å². The number of ether oxygens (including phenoxy) is 5. The fourth-order valence-electron chi connectivity index (χ4n) is 5.37. The van der Waals surface area contributed by atoms with Gasteiger partial charge >= 0.3 is 0 Å². The summed E-state index contributed by atoms with van der Waals surface area (Å²) in [6, 6.07) is 34.9. The number of methoxy groups -OCH3 is 1. The molecule has 0 fully saturated rings. The van der Waals surface area contributed by atoms with Crippen LogP contribution in [0, 0.1) is 6.92 Å². The summed E-state index contributed by atoms with van der Waals surface area (Å²) in [4.78, 5) is 0. The monoisotopic (exact) mass is 754 g/mol. The van der Waals surface area contributed by atoms with Gasteiger partial charge in [-0.05, 0) is 108 Å². The molecule has 0 atom stereocenters. The molecule has 10 nitrogen and oxygen atoms in total. The molecule has 5 aromatic rings. The topological polar surface area (TPSA) is 116 Å². The van der Waals surface area contributed by atoms with Gasteiger partial charge < -0.3 is 28.8 Å². The molecule has 0 amide bonds. The van der Waals surface area contributed by atoms with Crippen LogP contribution in [0.3, 0.4) is 0 Å². The van der Waals surface area contributed by atoms with Crippen LogP contribution in [-0.4, -0.2) is 39.2 Å². The molecule has 0 bridgehead atoms. The molecular weight excluding hydrogens is 705 g/mol. The van der Waals surface area contributed by atoms with Crippen LogP contribution in [0.25, 0.3) is 24.3 Å². The Morgan fingerprint density at radius 3 is 1.64 bits per heavy atom. The minimum Gasteiger partial charge on any atom is -0.494 e. The molecule has 0 radical (unpaired) electrons. The summed E-state index contributed by atoms with van der Waals surface area (Å²) in [6.45, 7) is 4.90. The second-order valence-electron chi connectivity index (χ2n) is 12.9. The molecule has 5 aromatic carbocycles. The summed E-state index contributed by atoms with van der Waals surface area (Å²) < 4.78 is 27.5. The molecule has 0 heterocycles. The highest BCUT2D eigenvalue weighted by molar-refractivity contribution is 5.78. The van der Waals surface area contributed by atoms with Gasteiger partial charge in [0, 0.05) is 12.7 Å². The molecule has 0 saturated carbocycles. The summed E-state index contributed by atoms with van der Waals surface area (Å²) in [5.41, 5.74) is 8.44. The van der Waals surface area contributed by atoms with E-state index in [0.29, 0.717) is 5.75 Å². The maximum atomic E-state index is 10.4. The van der Waals surface area contributed by atoms with Gasteiger partial charge in [0.25, 0.3) is 0 Å². The number of rotatable bonds is 22. The molecule has 0 saturated heterocycles. The Morgan fingerprint density at radius 1 is 0.554 bits per heavy atom. The van der Waals surface area contributed by atoms with Crippen molar-refractivity contribution >= 4 is 47.1 Å². The van der Waals surface area contributed by atoms with Crippen molar-refractivity contribution in [2.75, 3.05) is 34.1 Å². The number of hydrogen-bond donors (Lipinski definition) is 1. The van der Waals surface area contributed by atoms with E-state index in [9.17, 15) is 5.11 Å². The maximum absolute atomic E-state index is 10.4. The maximum Gasteiger partial charge on any atom is 0.191 e. The Kier molecular flexibility index (Phi) is 17.2. The van der Waals surface area contributed by atoms with Gasteiger partial charge in [-0.15, -0.1) is 0 Å². The fourth-order valence-corrected chi connectivity index (χ4v) is 5.37. The SMILES string of the molecule is CCCCCCOc1ccc(N=Nc2ccc(/C=C/c3cc(CO)c(/C=C/c4ccc(N=Nc5ccc(C)cc5)cc4)cc3OCOCOCOC)cc2)cc1. The molecule has 290 valence electrons. The van der Waals surface area contributed by atoms with Gasteiger partial charge in [-0.3, -0.25) is 0 Å². The molecule has 0 aromatic heterocycles. The second-order valence-corrected chi connectivity index (χ2v) is 12.9. The summed E-state index contributed by atoms with van der Waals surface area (Å²) in [5, 5.41) is 27.8. The number of nitrogens with zero attached hydrogens (tertiary/aromatic N) is 4. The number of unbranched alkanes of at least 4 members (excludes halogenated alkanes) is 3. The van der Waals surface area contributed by atoms with Crippen molar-refractivity contribution in [2.24, 2.45) is 20.5 Å². The third kappa shape index (κ3) is 14.1. The Labute approximate surface area is 329 Å².